The zero-order valence-electron chi connectivity index (χ0n) is 15.3. The fourth-order valence-corrected chi connectivity index (χ4v) is 3.06. The van der Waals surface area contributed by atoms with Crippen molar-refractivity contribution in [3.63, 3.8) is 0 Å². The molecule has 2 aromatic rings. The van der Waals surface area contributed by atoms with Gasteiger partial charge in [0.25, 0.3) is 5.91 Å². The molecule has 0 aliphatic carbocycles. The highest BCUT2D eigenvalue weighted by molar-refractivity contribution is 6.04. The third-order valence-corrected chi connectivity index (χ3v) is 4.57. The Bertz CT molecular complexity index is 836. The van der Waals surface area contributed by atoms with Gasteiger partial charge in [-0.1, -0.05) is 49.4 Å². The van der Waals surface area contributed by atoms with Gasteiger partial charge in [0, 0.05) is 12.1 Å². The van der Waals surface area contributed by atoms with Crippen LogP contribution in [0.15, 0.2) is 54.6 Å². The van der Waals surface area contributed by atoms with Gasteiger partial charge in [-0.25, -0.2) is 4.79 Å². The molecule has 1 atom stereocenters. The summed E-state index contributed by atoms with van der Waals surface area (Å²) in [5.74, 6) is -0.462. The molecular weight excluding hydrogens is 342 g/mol. The van der Waals surface area contributed by atoms with Crippen LogP contribution in [-0.2, 0) is 22.6 Å². The van der Waals surface area contributed by atoms with Gasteiger partial charge in [0.15, 0.2) is 0 Å². The van der Waals surface area contributed by atoms with Crippen LogP contribution in [0.4, 0.5) is 10.5 Å². The van der Waals surface area contributed by atoms with Crippen LogP contribution in [0.1, 0.15) is 30.9 Å². The van der Waals surface area contributed by atoms with Gasteiger partial charge in [0.1, 0.15) is 6.04 Å². The highest BCUT2D eigenvalue weighted by atomic mass is 16.2. The van der Waals surface area contributed by atoms with Gasteiger partial charge in [0.2, 0.25) is 5.91 Å². The topological polar surface area (TPSA) is 78.5 Å². The molecule has 6 heteroatoms. The number of benzene rings is 2. The summed E-state index contributed by atoms with van der Waals surface area (Å²) >= 11 is 0. The summed E-state index contributed by atoms with van der Waals surface area (Å²) in [7, 11) is 0. The second-order valence-electron chi connectivity index (χ2n) is 6.55. The molecule has 3 rings (SSSR count). The molecule has 1 aliphatic rings. The standard InChI is InChI=1S/C21H23N3O3/c1-2-15-9-6-10-17(13-15)22-19(25)12-11-18-20(26)24(21(27)23-18)14-16-7-4-3-5-8-16/h3-10,13,18H,2,11-12,14H2,1H3,(H,22,25)(H,23,27)/t18-/m0/s1. The van der Waals surface area contributed by atoms with E-state index in [1.807, 2.05) is 54.6 Å². The zero-order valence-corrected chi connectivity index (χ0v) is 15.3. The van der Waals surface area contributed by atoms with Crippen LogP contribution < -0.4 is 10.6 Å². The number of aryl methyl sites for hydroxylation is 1. The number of rotatable bonds is 7. The van der Waals surface area contributed by atoms with Gasteiger partial charge in [-0.3, -0.25) is 14.5 Å². The average molecular weight is 365 g/mol. The largest absolute Gasteiger partial charge is 0.326 e. The van der Waals surface area contributed by atoms with Crippen molar-refractivity contribution in [3.05, 3.63) is 65.7 Å². The van der Waals surface area contributed by atoms with Gasteiger partial charge in [-0.15, -0.1) is 0 Å². The Morgan fingerprint density at radius 3 is 2.56 bits per heavy atom. The number of imide groups is 1. The van der Waals surface area contributed by atoms with Gasteiger partial charge >= 0.3 is 6.03 Å². The van der Waals surface area contributed by atoms with Crippen molar-refractivity contribution in [2.24, 2.45) is 0 Å². The van der Waals surface area contributed by atoms with E-state index in [2.05, 4.69) is 17.6 Å². The van der Waals surface area contributed by atoms with E-state index in [1.165, 1.54) is 4.90 Å². The summed E-state index contributed by atoms with van der Waals surface area (Å²) in [4.78, 5) is 38.0. The van der Waals surface area contributed by atoms with Crippen molar-refractivity contribution in [2.45, 2.75) is 38.8 Å². The van der Waals surface area contributed by atoms with E-state index in [9.17, 15) is 14.4 Å². The van der Waals surface area contributed by atoms with Crippen molar-refractivity contribution >= 4 is 23.5 Å². The lowest BCUT2D eigenvalue weighted by atomic mass is 10.1. The van der Waals surface area contributed by atoms with E-state index in [0.29, 0.717) is 0 Å². The molecule has 0 spiro atoms. The monoisotopic (exact) mass is 365 g/mol. The van der Waals surface area contributed by atoms with Crippen LogP contribution in [0.3, 0.4) is 0 Å². The Morgan fingerprint density at radius 1 is 1.07 bits per heavy atom. The van der Waals surface area contributed by atoms with Crippen molar-refractivity contribution in [1.82, 2.24) is 10.2 Å². The number of carbonyl (C=O) groups excluding carboxylic acids is 3. The van der Waals surface area contributed by atoms with Crippen molar-refractivity contribution in [2.75, 3.05) is 5.32 Å². The third-order valence-electron chi connectivity index (χ3n) is 4.57. The maximum atomic E-state index is 12.5. The second-order valence-corrected chi connectivity index (χ2v) is 6.55. The van der Waals surface area contributed by atoms with Crippen LogP contribution in [-0.4, -0.2) is 28.8 Å². The van der Waals surface area contributed by atoms with E-state index in [4.69, 9.17) is 0 Å². The first-order chi connectivity index (χ1) is 13.1. The van der Waals surface area contributed by atoms with Crippen LogP contribution in [0.2, 0.25) is 0 Å². The number of nitrogens with zero attached hydrogens (tertiary/aromatic N) is 1. The molecule has 6 nitrogen and oxygen atoms in total. The molecule has 1 aliphatic heterocycles. The predicted octanol–water partition coefficient (Wildman–Crippen LogP) is 3.09. The summed E-state index contributed by atoms with van der Waals surface area (Å²) in [5, 5.41) is 5.51. The highest BCUT2D eigenvalue weighted by Gasteiger charge is 2.37. The maximum Gasteiger partial charge on any atom is 0.325 e. The maximum absolute atomic E-state index is 12.5. The first-order valence-electron chi connectivity index (χ1n) is 9.11. The van der Waals surface area contributed by atoms with E-state index >= 15 is 0 Å². The number of hydrogen-bond donors (Lipinski definition) is 2. The summed E-state index contributed by atoms with van der Waals surface area (Å²) < 4.78 is 0. The van der Waals surface area contributed by atoms with E-state index in [-0.39, 0.29) is 31.2 Å². The summed E-state index contributed by atoms with van der Waals surface area (Å²) in [6, 6.07) is 15.9. The molecule has 1 fully saturated rings. The fourth-order valence-electron chi connectivity index (χ4n) is 3.06. The molecule has 4 amide bonds. The molecule has 2 N–H and O–H groups in total. The molecular formula is C21H23N3O3. The molecule has 0 aromatic heterocycles. The Hall–Kier alpha value is -3.15. The van der Waals surface area contributed by atoms with E-state index < -0.39 is 12.1 Å². The molecule has 0 unspecified atom stereocenters. The Kier molecular flexibility index (Phi) is 5.86. The van der Waals surface area contributed by atoms with Gasteiger partial charge in [-0.05, 0) is 36.1 Å². The fraction of sp³-hybridized carbons (Fsp3) is 0.286. The molecule has 0 saturated carbocycles. The second kappa shape index (κ2) is 8.49. The minimum absolute atomic E-state index is 0.159. The number of nitrogens with one attached hydrogen (secondary N) is 2. The summed E-state index contributed by atoms with van der Waals surface area (Å²) in [6.45, 7) is 2.29. The summed E-state index contributed by atoms with van der Waals surface area (Å²) in [5.41, 5.74) is 2.77. The van der Waals surface area contributed by atoms with Gasteiger partial charge < -0.3 is 10.6 Å². The van der Waals surface area contributed by atoms with E-state index in [0.717, 1.165) is 23.2 Å². The van der Waals surface area contributed by atoms with Crippen LogP contribution in [0.5, 0.6) is 0 Å². The molecule has 27 heavy (non-hydrogen) atoms. The van der Waals surface area contributed by atoms with Crippen LogP contribution >= 0.6 is 0 Å². The first kappa shape index (κ1) is 18.6. The molecule has 140 valence electrons. The van der Waals surface area contributed by atoms with Crippen molar-refractivity contribution in [1.29, 1.82) is 0 Å². The molecule has 1 heterocycles. The van der Waals surface area contributed by atoms with Crippen molar-refractivity contribution < 1.29 is 14.4 Å². The number of carbonyl (C=O) groups is 3. The third kappa shape index (κ3) is 4.73. The Morgan fingerprint density at radius 2 is 1.81 bits per heavy atom. The lowest BCUT2D eigenvalue weighted by Crippen LogP contribution is -2.31. The van der Waals surface area contributed by atoms with Crippen LogP contribution in [0, 0.1) is 0 Å². The lowest BCUT2D eigenvalue weighted by Gasteiger charge is -2.13. The Labute approximate surface area is 158 Å². The quantitative estimate of drug-likeness (QED) is 0.740. The smallest absolute Gasteiger partial charge is 0.325 e. The van der Waals surface area contributed by atoms with Gasteiger partial charge in [0.05, 0.1) is 6.54 Å². The minimum atomic E-state index is -0.658. The average Bonchev–Trinajstić information content (AvgIpc) is 2.95. The number of urea groups is 1. The molecule has 2 aromatic carbocycles. The van der Waals surface area contributed by atoms with E-state index in [1.54, 1.807) is 0 Å². The normalized spacial score (nSPS) is 16.3. The van der Waals surface area contributed by atoms with Crippen LogP contribution in [0.25, 0.3) is 0 Å². The summed E-state index contributed by atoms with van der Waals surface area (Å²) in [6.07, 6.45) is 1.32. The number of anilines is 1. The molecule has 1 saturated heterocycles. The zero-order chi connectivity index (χ0) is 19.2. The highest BCUT2D eigenvalue weighted by Crippen LogP contribution is 2.16. The Balaban J connectivity index is 1.52. The van der Waals surface area contributed by atoms with Crippen molar-refractivity contribution in [3.8, 4) is 0 Å². The molecule has 0 bridgehead atoms. The lowest BCUT2D eigenvalue weighted by molar-refractivity contribution is -0.128. The molecule has 0 radical (unpaired) electrons. The van der Waals surface area contributed by atoms with Gasteiger partial charge in [-0.2, -0.15) is 0 Å². The predicted molar refractivity (Wildman–Crippen MR) is 103 cm³/mol. The minimum Gasteiger partial charge on any atom is -0.326 e. The SMILES string of the molecule is CCc1cccc(NC(=O)CC[C@@H]2NC(=O)N(Cc3ccccc3)C2=O)c1. The first-order valence-corrected chi connectivity index (χ1v) is 9.11. The number of amides is 4. The number of hydrogen-bond acceptors (Lipinski definition) is 3.